The van der Waals surface area contributed by atoms with E-state index in [1.807, 2.05) is 12.3 Å². The number of nitrogens with one attached hydrogen (secondary N) is 1. The van der Waals surface area contributed by atoms with E-state index >= 15 is 0 Å². The Labute approximate surface area is 125 Å². The monoisotopic (exact) mass is 276 g/mol. The maximum absolute atomic E-state index is 4.47. The van der Waals surface area contributed by atoms with Crippen LogP contribution in [0.4, 0.5) is 0 Å². The number of pyridine rings is 1. The molecule has 1 aromatic heterocycles. The third kappa shape index (κ3) is 2.96. The molecule has 3 aromatic rings. The van der Waals surface area contributed by atoms with Crippen molar-refractivity contribution in [3.8, 4) is 0 Å². The van der Waals surface area contributed by atoms with Crippen LogP contribution in [0.2, 0.25) is 0 Å². The maximum Gasteiger partial charge on any atom is 0.0705 e. The average Bonchev–Trinajstić information content (AvgIpc) is 2.52. The van der Waals surface area contributed by atoms with Gasteiger partial charge in [0.25, 0.3) is 0 Å². The first kappa shape index (κ1) is 13.8. The second-order valence-corrected chi connectivity index (χ2v) is 5.36. The van der Waals surface area contributed by atoms with Gasteiger partial charge in [0, 0.05) is 11.6 Å². The van der Waals surface area contributed by atoms with Crippen LogP contribution < -0.4 is 5.32 Å². The van der Waals surface area contributed by atoms with E-state index in [-0.39, 0.29) is 6.04 Å². The number of hydrogen-bond donors (Lipinski definition) is 1. The molecule has 2 aromatic carbocycles. The van der Waals surface area contributed by atoms with E-state index in [0.29, 0.717) is 0 Å². The van der Waals surface area contributed by atoms with E-state index in [9.17, 15) is 0 Å². The summed E-state index contributed by atoms with van der Waals surface area (Å²) in [7, 11) is 0. The van der Waals surface area contributed by atoms with E-state index < -0.39 is 0 Å². The third-order valence-corrected chi connectivity index (χ3v) is 3.75. The molecule has 0 bridgehead atoms. The second-order valence-electron chi connectivity index (χ2n) is 5.36. The van der Waals surface area contributed by atoms with Gasteiger partial charge in [-0.3, -0.25) is 4.98 Å². The van der Waals surface area contributed by atoms with Crippen LogP contribution in [0.1, 0.15) is 29.7 Å². The SMILES string of the molecule is CCNC(c1cccc(C)c1)c1ccc2cccnc2c1. The van der Waals surface area contributed by atoms with Crippen molar-refractivity contribution < 1.29 is 0 Å². The van der Waals surface area contributed by atoms with E-state index in [2.05, 4.69) is 72.7 Å². The zero-order chi connectivity index (χ0) is 14.7. The molecule has 0 saturated carbocycles. The Morgan fingerprint density at radius 2 is 1.86 bits per heavy atom. The molecule has 0 amide bonds. The molecule has 3 rings (SSSR count). The van der Waals surface area contributed by atoms with Crippen LogP contribution in [0.5, 0.6) is 0 Å². The molecule has 2 heteroatoms. The van der Waals surface area contributed by atoms with Gasteiger partial charge < -0.3 is 5.32 Å². The summed E-state index contributed by atoms with van der Waals surface area (Å²) in [4.78, 5) is 4.47. The smallest absolute Gasteiger partial charge is 0.0705 e. The zero-order valence-corrected chi connectivity index (χ0v) is 12.5. The molecule has 1 unspecified atom stereocenters. The van der Waals surface area contributed by atoms with Gasteiger partial charge in [0.05, 0.1) is 11.6 Å². The summed E-state index contributed by atoms with van der Waals surface area (Å²) in [5.74, 6) is 0. The van der Waals surface area contributed by atoms with Gasteiger partial charge in [-0.05, 0) is 36.7 Å². The fourth-order valence-corrected chi connectivity index (χ4v) is 2.74. The highest BCUT2D eigenvalue weighted by molar-refractivity contribution is 5.79. The van der Waals surface area contributed by atoms with Crippen molar-refractivity contribution >= 4 is 10.9 Å². The highest BCUT2D eigenvalue weighted by Crippen LogP contribution is 2.25. The molecule has 0 aliphatic rings. The summed E-state index contributed by atoms with van der Waals surface area (Å²) in [5.41, 5.74) is 4.89. The quantitative estimate of drug-likeness (QED) is 0.771. The fourth-order valence-electron chi connectivity index (χ4n) is 2.74. The maximum atomic E-state index is 4.47. The van der Waals surface area contributed by atoms with Crippen LogP contribution >= 0.6 is 0 Å². The molecule has 1 atom stereocenters. The Balaban J connectivity index is 2.06. The van der Waals surface area contributed by atoms with Crippen LogP contribution in [-0.2, 0) is 0 Å². The first-order valence-corrected chi connectivity index (χ1v) is 7.42. The molecule has 21 heavy (non-hydrogen) atoms. The Hall–Kier alpha value is -2.19. The number of rotatable bonds is 4. The highest BCUT2D eigenvalue weighted by atomic mass is 14.9. The van der Waals surface area contributed by atoms with E-state index in [4.69, 9.17) is 0 Å². The average molecular weight is 276 g/mol. The van der Waals surface area contributed by atoms with Crippen molar-refractivity contribution in [2.75, 3.05) is 6.54 Å². The summed E-state index contributed by atoms with van der Waals surface area (Å²) >= 11 is 0. The van der Waals surface area contributed by atoms with Gasteiger partial charge in [0.2, 0.25) is 0 Å². The predicted octanol–water partition coefficient (Wildman–Crippen LogP) is 4.24. The van der Waals surface area contributed by atoms with Crippen LogP contribution in [0, 0.1) is 6.92 Å². The molecule has 0 aliphatic heterocycles. The van der Waals surface area contributed by atoms with E-state index in [1.165, 1.54) is 22.1 Å². The van der Waals surface area contributed by atoms with Gasteiger partial charge in [-0.15, -0.1) is 0 Å². The summed E-state index contributed by atoms with van der Waals surface area (Å²) in [6, 6.07) is 19.5. The van der Waals surface area contributed by atoms with Crippen molar-refractivity contribution in [1.82, 2.24) is 10.3 Å². The second kappa shape index (κ2) is 6.06. The fraction of sp³-hybridized carbons (Fsp3) is 0.211. The number of fused-ring (bicyclic) bond motifs is 1. The first-order chi connectivity index (χ1) is 10.3. The molecule has 1 heterocycles. The number of benzene rings is 2. The summed E-state index contributed by atoms with van der Waals surface area (Å²) in [6.07, 6.45) is 1.85. The zero-order valence-electron chi connectivity index (χ0n) is 12.5. The first-order valence-electron chi connectivity index (χ1n) is 7.42. The normalized spacial score (nSPS) is 12.5. The molecule has 0 spiro atoms. The van der Waals surface area contributed by atoms with Crippen LogP contribution in [0.25, 0.3) is 10.9 Å². The molecule has 0 aliphatic carbocycles. The van der Waals surface area contributed by atoms with Crippen LogP contribution in [-0.4, -0.2) is 11.5 Å². The summed E-state index contributed by atoms with van der Waals surface area (Å²) in [5, 5.41) is 4.76. The standard InChI is InChI=1S/C19H20N2/c1-3-20-19(16-7-4-6-14(2)12-16)17-10-9-15-8-5-11-21-18(15)13-17/h4-13,19-20H,3H2,1-2H3. The lowest BCUT2D eigenvalue weighted by Crippen LogP contribution is -2.22. The van der Waals surface area contributed by atoms with Crippen molar-refractivity contribution in [2.45, 2.75) is 19.9 Å². The Morgan fingerprint density at radius 1 is 1.00 bits per heavy atom. The minimum atomic E-state index is 0.210. The summed E-state index contributed by atoms with van der Waals surface area (Å²) < 4.78 is 0. The Bertz CT molecular complexity index is 749. The molecule has 1 N–H and O–H groups in total. The van der Waals surface area contributed by atoms with Gasteiger partial charge in [0.15, 0.2) is 0 Å². The molecule has 0 saturated heterocycles. The molecular weight excluding hydrogens is 256 g/mol. The van der Waals surface area contributed by atoms with E-state index in [0.717, 1.165) is 12.1 Å². The Morgan fingerprint density at radius 3 is 2.67 bits per heavy atom. The predicted molar refractivity (Wildman–Crippen MR) is 88.4 cm³/mol. The minimum Gasteiger partial charge on any atom is -0.307 e. The van der Waals surface area contributed by atoms with Gasteiger partial charge in [0.1, 0.15) is 0 Å². The van der Waals surface area contributed by atoms with Crippen LogP contribution in [0.3, 0.4) is 0 Å². The molecular formula is C19H20N2. The lowest BCUT2D eigenvalue weighted by atomic mass is 9.96. The van der Waals surface area contributed by atoms with Gasteiger partial charge >= 0.3 is 0 Å². The van der Waals surface area contributed by atoms with Crippen molar-refractivity contribution in [3.63, 3.8) is 0 Å². The van der Waals surface area contributed by atoms with Crippen molar-refractivity contribution in [3.05, 3.63) is 77.5 Å². The number of nitrogens with zero attached hydrogens (tertiary/aromatic N) is 1. The molecule has 106 valence electrons. The number of aryl methyl sites for hydroxylation is 1. The lowest BCUT2D eigenvalue weighted by molar-refractivity contribution is 0.631. The summed E-state index contributed by atoms with van der Waals surface area (Å²) in [6.45, 7) is 5.20. The minimum absolute atomic E-state index is 0.210. The topological polar surface area (TPSA) is 24.9 Å². The van der Waals surface area contributed by atoms with Gasteiger partial charge in [-0.25, -0.2) is 0 Å². The van der Waals surface area contributed by atoms with Gasteiger partial charge in [-0.2, -0.15) is 0 Å². The molecule has 0 radical (unpaired) electrons. The van der Waals surface area contributed by atoms with Crippen molar-refractivity contribution in [2.24, 2.45) is 0 Å². The molecule has 0 fully saturated rings. The largest absolute Gasteiger partial charge is 0.307 e. The number of hydrogen-bond acceptors (Lipinski definition) is 2. The number of aromatic nitrogens is 1. The lowest BCUT2D eigenvalue weighted by Gasteiger charge is -2.20. The van der Waals surface area contributed by atoms with Gasteiger partial charge in [-0.1, -0.05) is 55.0 Å². The highest BCUT2D eigenvalue weighted by Gasteiger charge is 2.13. The van der Waals surface area contributed by atoms with Crippen molar-refractivity contribution in [1.29, 1.82) is 0 Å². The molecule has 2 nitrogen and oxygen atoms in total. The van der Waals surface area contributed by atoms with Crippen LogP contribution in [0.15, 0.2) is 60.8 Å². The van der Waals surface area contributed by atoms with E-state index in [1.54, 1.807) is 0 Å². The Kier molecular flexibility index (Phi) is 3.98. The third-order valence-electron chi connectivity index (χ3n) is 3.75.